The summed E-state index contributed by atoms with van der Waals surface area (Å²) in [6.45, 7) is 4.11. The van der Waals surface area contributed by atoms with Crippen LogP contribution in [0.3, 0.4) is 0 Å². The van der Waals surface area contributed by atoms with Gasteiger partial charge in [0.25, 0.3) is 5.91 Å². The lowest BCUT2D eigenvalue weighted by Crippen LogP contribution is -2.39. The van der Waals surface area contributed by atoms with E-state index in [2.05, 4.69) is 5.16 Å². The summed E-state index contributed by atoms with van der Waals surface area (Å²) in [5.74, 6) is -0.851. The second-order valence-electron chi connectivity index (χ2n) is 4.28. The van der Waals surface area contributed by atoms with Crippen molar-refractivity contribution in [3.8, 4) is 0 Å². The van der Waals surface area contributed by atoms with E-state index in [1.807, 2.05) is 6.92 Å². The lowest BCUT2D eigenvalue weighted by Gasteiger charge is -2.22. The van der Waals surface area contributed by atoms with Crippen LogP contribution in [0, 0.1) is 12.7 Å². The van der Waals surface area contributed by atoms with E-state index in [-0.39, 0.29) is 18.3 Å². The van der Waals surface area contributed by atoms with Gasteiger partial charge in [-0.05, 0) is 31.0 Å². The van der Waals surface area contributed by atoms with Crippen LogP contribution < -0.4 is 5.73 Å². The number of carbonyl (C=O) groups excluding carboxylic acids is 1. The van der Waals surface area contributed by atoms with Crippen LogP contribution in [0.15, 0.2) is 23.4 Å². The monoisotopic (exact) mass is 267 g/mol. The Hall–Kier alpha value is -2.11. The highest BCUT2D eigenvalue weighted by Crippen LogP contribution is 2.13. The first-order valence-electron chi connectivity index (χ1n) is 6.01. The first-order chi connectivity index (χ1) is 8.99. The van der Waals surface area contributed by atoms with Crippen LogP contribution in [0.4, 0.5) is 4.39 Å². The zero-order chi connectivity index (χ0) is 14.4. The van der Waals surface area contributed by atoms with Crippen LogP contribution in [0.25, 0.3) is 0 Å². The molecule has 104 valence electrons. The van der Waals surface area contributed by atoms with Crippen molar-refractivity contribution in [2.75, 3.05) is 13.1 Å². The molecule has 0 aromatic heterocycles. The maximum atomic E-state index is 13.2. The Balaban J connectivity index is 3.01. The van der Waals surface area contributed by atoms with Crippen molar-refractivity contribution in [2.45, 2.75) is 20.3 Å². The van der Waals surface area contributed by atoms with Gasteiger partial charge in [-0.1, -0.05) is 18.1 Å². The molecule has 5 nitrogen and oxygen atoms in total. The van der Waals surface area contributed by atoms with Crippen molar-refractivity contribution in [1.82, 2.24) is 4.90 Å². The largest absolute Gasteiger partial charge is 0.409 e. The van der Waals surface area contributed by atoms with Crippen molar-refractivity contribution < 1.29 is 14.4 Å². The highest BCUT2D eigenvalue weighted by atomic mass is 19.1. The zero-order valence-corrected chi connectivity index (χ0v) is 11.1. The number of nitrogens with zero attached hydrogens (tertiary/aromatic N) is 2. The van der Waals surface area contributed by atoms with Gasteiger partial charge in [0, 0.05) is 12.1 Å². The summed E-state index contributed by atoms with van der Waals surface area (Å²) in [6, 6.07) is 4.06. The molecule has 1 aromatic rings. The summed E-state index contributed by atoms with van der Waals surface area (Å²) in [7, 11) is 0. The fourth-order valence-electron chi connectivity index (χ4n) is 1.74. The smallest absolute Gasteiger partial charge is 0.254 e. The molecule has 3 N–H and O–H groups in total. The number of aryl methyl sites for hydroxylation is 1. The minimum Gasteiger partial charge on any atom is -0.409 e. The standard InChI is InChI=1S/C13H18FN3O2/c1-3-6-17(8-12(15)16-19)13(18)11-7-10(14)5-4-9(11)2/h4-5,7,19H,3,6,8H2,1-2H3,(H2,15,16). The Morgan fingerprint density at radius 2 is 2.21 bits per heavy atom. The molecule has 0 bridgehead atoms. The van der Waals surface area contributed by atoms with Crippen LogP contribution in [-0.2, 0) is 0 Å². The number of halogens is 1. The summed E-state index contributed by atoms with van der Waals surface area (Å²) < 4.78 is 13.2. The van der Waals surface area contributed by atoms with E-state index in [1.165, 1.54) is 17.0 Å². The molecule has 0 spiro atoms. The maximum Gasteiger partial charge on any atom is 0.254 e. The van der Waals surface area contributed by atoms with Gasteiger partial charge in [-0.25, -0.2) is 4.39 Å². The highest BCUT2D eigenvalue weighted by molar-refractivity contribution is 5.98. The Kier molecular flexibility index (Phi) is 5.29. The number of hydrogen-bond acceptors (Lipinski definition) is 3. The Labute approximate surface area is 111 Å². The van der Waals surface area contributed by atoms with Gasteiger partial charge in [-0.15, -0.1) is 0 Å². The lowest BCUT2D eigenvalue weighted by atomic mass is 10.1. The summed E-state index contributed by atoms with van der Waals surface area (Å²) >= 11 is 0. The van der Waals surface area contributed by atoms with Gasteiger partial charge in [0.2, 0.25) is 0 Å². The molecule has 0 unspecified atom stereocenters. The molecule has 1 aromatic carbocycles. The third kappa shape index (κ3) is 3.94. The number of nitrogens with two attached hydrogens (primary N) is 1. The summed E-state index contributed by atoms with van der Waals surface area (Å²) in [6.07, 6.45) is 0.721. The summed E-state index contributed by atoms with van der Waals surface area (Å²) in [5, 5.41) is 11.4. The van der Waals surface area contributed by atoms with Crippen LogP contribution in [0.1, 0.15) is 29.3 Å². The Morgan fingerprint density at radius 1 is 1.53 bits per heavy atom. The predicted octanol–water partition coefficient (Wildman–Crippen LogP) is 1.73. The number of oxime groups is 1. The van der Waals surface area contributed by atoms with Gasteiger partial charge < -0.3 is 15.8 Å². The number of amidine groups is 1. The van der Waals surface area contributed by atoms with E-state index in [4.69, 9.17) is 10.9 Å². The molecule has 0 aliphatic rings. The molecule has 0 radical (unpaired) electrons. The van der Waals surface area contributed by atoms with Gasteiger partial charge in [-0.2, -0.15) is 0 Å². The second kappa shape index (κ2) is 6.72. The van der Waals surface area contributed by atoms with Gasteiger partial charge >= 0.3 is 0 Å². The molecule has 1 rings (SSSR count). The van der Waals surface area contributed by atoms with Gasteiger partial charge in [0.05, 0.1) is 6.54 Å². The first kappa shape index (κ1) is 14.9. The lowest BCUT2D eigenvalue weighted by molar-refractivity contribution is 0.0777. The zero-order valence-electron chi connectivity index (χ0n) is 11.1. The molecule has 0 atom stereocenters. The normalized spacial score (nSPS) is 11.4. The number of benzene rings is 1. The van der Waals surface area contributed by atoms with E-state index >= 15 is 0 Å². The molecule has 0 fully saturated rings. The quantitative estimate of drug-likeness (QED) is 0.369. The van der Waals surface area contributed by atoms with E-state index in [0.29, 0.717) is 17.7 Å². The Bertz CT molecular complexity index is 489. The van der Waals surface area contributed by atoms with Crippen molar-refractivity contribution in [3.05, 3.63) is 35.1 Å². The SMILES string of the molecule is CCCN(CC(N)=NO)C(=O)c1cc(F)ccc1C. The Morgan fingerprint density at radius 3 is 2.79 bits per heavy atom. The predicted molar refractivity (Wildman–Crippen MR) is 70.7 cm³/mol. The number of carbonyl (C=O) groups is 1. The van der Waals surface area contributed by atoms with E-state index < -0.39 is 5.82 Å². The molecule has 0 saturated carbocycles. The minimum absolute atomic E-state index is 0.0130. The third-order valence-corrected chi connectivity index (χ3v) is 2.69. The van der Waals surface area contributed by atoms with Gasteiger partial charge in [-0.3, -0.25) is 4.79 Å². The van der Waals surface area contributed by atoms with E-state index in [9.17, 15) is 9.18 Å². The first-order valence-corrected chi connectivity index (χ1v) is 6.01. The minimum atomic E-state index is -0.464. The number of rotatable bonds is 5. The van der Waals surface area contributed by atoms with Crippen molar-refractivity contribution in [1.29, 1.82) is 0 Å². The molecule has 0 aliphatic heterocycles. The molecule has 0 heterocycles. The van der Waals surface area contributed by atoms with Gasteiger partial charge in [0.1, 0.15) is 5.82 Å². The van der Waals surface area contributed by atoms with E-state index in [0.717, 1.165) is 6.42 Å². The second-order valence-corrected chi connectivity index (χ2v) is 4.28. The molecule has 1 amide bonds. The van der Waals surface area contributed by atoms with Crippen molar-refractivity contribution >= 4 is 11.7 Å². The maximum absolute atomic E-state index is 13.2. The molecular weight excluding hydrogens is 249 g/mol. The van der Waals surface area contributed by atoms with Crippen molar-refractivity contribution in [3.63, 3.8) is 0 Å². The summed E-state index contributed by atoms with van der Waals surface area (Å²) in [4.78, 5) is 13.8. The number of hydrogen-bond donors (Lipinski definition) is 2. The third-order valence-electron chi connectivity index (χ3n) is 2.69. The molecule has 0 saturated heterocycles. The summed E-state index contributed by atoms with van der Waals surface area (Å²) in [5.41, 5.74) is 6.40. The van der Waals surface area contributed by atoms with Crippen LogP contribution in [0.2, 0.25) is 0 Å². The van der Waals surface area contributed by atoms with Crippen molar-refractivity contribution in [2.24, 2.45) is 10.9 Å². The highest BCUT2D eigenvalue weighted by Gasteiger charge is 2.18. The van der Waals surface area contributed by atoms with Crippen LogP contribution in [-0.4, -0.2) is 34.9 Å². The average molecular weight is 267 g/mol. The fourth-order valence-corrected chi connectivity index (χ4v) is 1.74. The average Bonchev–Trinajstić information content (AvgIpc) is 2.40. The van der Waals surface area contributed by atoms with Gasteiger partial charge in [0.15, 0.2) is 5.84 Å². The molecular formula is C13H18FN3O2. The molecule has 6 heteroatoms. The number of amides is 1. The van der Waals surface area contributed by atoms with Crippen LogP contribution >= 0.6 is 0 Å². The van der Waals surface area contributed by atoms with Crippen LogP contribution in [0.5, 0.6) is 0 Å². The fraction of sp³-hybridized carbons (Fsp3) is 0.385. The molecule has 0 aliphatic carbocycles. The topological polar surface area (TPSA) is 78.9 Å². The van der Waals surface area contributed by atoms with E-state index in [1.54, 1.807) is 13.0 Å². The molecule has 19 heavy (non-hydrogen) atoms.